The summed E-state index contributed by atoms with van der Waals surface area (Å²) in [5, 5.41) is 13.2. The molecule has 5 heteroatoms. The van der Waals surface area contributed by atoms with Gasteiger partial charge in [-0.05, 0) is 55.9 Å². The van der Waals surface area contributed by atoms with Gasteiger partial charge in [0.05, 0.1) is 19.1 Å². The van der Waals surface area contributed by atoms with Gasteiger partial charge in [0.25, 0.3) is 0 Å². The molecule has 1 aromatic heterocycles. The highest BCUT2D eigenvalue weighted by atomic mass is 15.6. The number of likely N-dealkylation sites (tertiary alicyclic amines) is 1. The molecular weight excluding hydrogens is 322 g/mol. The van der Waals surface area contributed by atoms with Gasteiger partial charge in [0, 0.05) is 5.56 Å². The van der Waals surface area contributed by atoms with Gasteiger partial charge in [0.1, 0.15) is 0 Å². The van der Waals surface area contributed by atoms with Crippen molar-refractivity contribution in [3.63, 3.8) is 0 Å². The minimum Gasteiger partial charge on any atom is -0.322 e. The van der Waals surface area contributed by atoms with E-state index in [2.05, 4.69) is 51.4 Å². The smallest absolute Gasteiger partial charge is 0.214 e. The number of rotatable bonds is 4. The lowest BCUT2D eigenvalue weighted by atomic mass is 9.95. The van der Waals surface area contributed by atoms with Crippen LogP contribution in [-0.4, -0.2) is 33.3 Å². The highest BCUT2D eigenvalue weighted by Gasteiger charge is 2.34. The minimum atomic E-state index is 0.255. The molecule has 0 amide bonds. The Balaban J connectivity index is 1.70. The maximum absolute atomic E-state index is 4.58. The summed E-state index contributed by atoms with van der Waals surface area (Å²) in [6.07, 6.45) is 11.7. The lowest BCUT2D eigenvalue weighted by molar-refractivity contribution is -0.925. The number of quaternary nitrogens is 1. The second-order valence-electron chi connectivity index (χ2n) is 8.19. The van der Waals surface area contributed by atoms with Crippen LogP contribution in [0.3, 0.4) is 0 Å². The molecule has 2 aromatic rings. The molecule has 2 fully saturated rings. The Kier molecular flexibility index (Phi) is 5.63. The van der Waals surface area contributed by atoms with Crippen LogP contribution < -0.4 is 4.90 Å². The van der Waals surface area contributed by atoms with E-state index in [1.165, 1.54) is 82.0 Å². The third kappa shape index (κ3) is 3.83. The first-order valence-electron chi connectivity index (χ1n) is 10.5. The van der Waals surface area contributed by atoms with Gasteiger partial charge < -0.3 is 4.90 Å². The van der Waals surface area contributed by atoms with Crippen LogP contribution in [0.15, 0.2) is 24.3 Å². The number of hydrogen-bond donors (Lipinski definition) is 1. The molecule has 140 valence electrons. The Hall–Kier alpha value is -1.75. The first-order chi connectivity index (χ1) is 12.8. The summed E-state index contributed by atoms with van der Waals surface area (Å²) in [5.41, 5.74) is 2.67. The largest absolute Gasteiger partial charge is 0.322 e. The van der Waals surface area contributed by atoms with Gasteiger partial charge in [0.15, 0.2) is 6.04 Å². The van der Waals surface area contributed by atoms with E-state index >= 15 is 0 Å². The van der Waals surface area contributed by atoms with Crippen molar-refractivity contribution in [1.82, 2.24) is 20.2 Å². The molecule has 2 heterocycles. The normalized spacial score (nSPS) is 21.4. The van der Waals surface area contributed by atoms with Crippen molar-refractivity contribution in [2.24, 2.45) is 0 Å². The van der Waals surface area contributed by atoms with Crippen LogP contribution in [-0.2, 0) is 0 Å². The van der Waals surface area contributed by atoms with Crippen molar-refractivity contribution in [3.05, 3.63) is 41.2 Å². The summed E-state index contributed by atoms with van der Waals surface area (Å²) in [6, 6.07) is 9.77. The topological polar surface area (TPSA) is 48.0 Å². The molecule has 0 spiro atoms. The van der Waals surface area contributed by atoms with Gasteiger partial charge in [-0.2, -0.15) is 0 Å². The summed E-state index contributed by atoms with van der Waals surface area (Å²) in [5.74, 6) is 1.08. The zero-order chi connectivity index (χ0) is 17.8. The Labute approximate surface area is 156 Å². The Bertz CT molecular complexity index is 679. The second kappa shape index (κ2) is 8.30. The number of tetrazole rings is 1. The lowest BCUT2D eigenvalue weighted by Gasteiger charge is -2.29. The fourth-order valence-electron chi connectivity index (χ4n) is 4.77. The quantitative estimate of drug-likeness (QED) is 0.918. The van der Waals surface area contributed by atoms with Crippen LogP contribution in [0.2, 0.25) is 0 Å². The number of nitrogens with one attached hydrogen (secondary N) is 1. The van der Waals surface area contributed by atoms with Crippen LogP contribution in [0.25, 0.3) is 0 Å². The fourth-order valence-corrected chi connectivity index (χ4v) is 4.77. The molecule has 1 saturated carbocycles. The van der Waals surface area contributed by atoms with E-state index < -0.39 is 0 Å². The molecule has 0 radical (unpaired) electrons. The molecule has 1 aliphatic carbocycles. The van der Waals surface area contributed by atoms with E-state index in [1.807, 2.05) is 0 Å². The Morgan fingerprint density at radius 1 is 0.923 bits per heavy atom. The van der Waals surface area contributed by atoms with Crippen LogP contribution in [0, 0.1) is 6.92 Å². The maximum Gasteiger partial charge on any atom is 0.214 e. The van der Waals surface area contributed by atoms with Gasteiger partial charge in [0.2, 0.25) is 5.82 Å². The summed E-state index contributed by atoms with van der Waals surface area (Å²) in [4.78, 5) is 1.64. The van der Waals surface area contributed by atoms with E-state index in [0.29, 0.717) is 6.04 Å². The molecule has 1 N–H and O–H groups in total. The van der Waals surface area contributed by atoms with Crippen molar-refractivity contribution in [2.45, 2.75) is 76.8 Å². The maximum atomic E-state index is 4.58. The molecule has 26 heavy (non-hydrogen) atoms. The summed E-state index contributed by atoms with van der Waals surface area (Å²) in [7, 11) is 0. The molecule has 2 aliphatic rings. The van der Waals surface area contributed by atoms with E-state index in [0.717, 1.165) is 5.82 Å². The predicted octanol–water partition coefficient (Wildman–Crippen LogP) is 3.04. The van der Waals surface area contributed by atoms with Crippen LogP contribution >= 0.6 is 0 Å². The summed E-state index contributed by atoms with van der Waals surface area (Å²) >= 11 is 0. The molecule has 0 bridgehead atoms. The van der Waals surface area contributed by atoms with E-state index in [4.69, 9.17) is 0 Å². The number of aryl methyl sites for hydroxylation is 1. The third-order valence-electron chi connectivity index (χ3n) is 6.26. The van der Waals surface area contributed by atoms with Crippen molar-refractivity contribution >= 4 is 0 Å². The van der Waals surface area contributed by atoms with Crippen molar-refractivity contribution in [2.75, 3.05) is 13.1 Å². The average molecular weight is 355 g/mol. The van der Waals surface area contributed by atoms with Crippen molar-refractivity contribution in [3.8, 4) is 0 Å². The second-order valence-corrected chi connectivity index (χ2v) is 8.19. The molecular formula is C21H32N5+. The van der Waals surface area contributed by atoms with Crippen molar-refractivity contribution < 1.29 is 4.90 Å². The van der Waals surface area contributed by atoms with Gasteiger partial charge in [-0.15, -0.1) is 5.10 Å². The monoisotopic (exact) mass is 354 g/mol. The number of benzene rings is 1. The van der Waals surface area contributed by atoms with Gasteiger partial charge in [-0.25, -0.2) is 4.68 Å². The summed E-state index contributed by atoms with van der Waals surface area (Å²) < 4.78 is 2.18. The molecule has 1 aliphatic heterocycles. The Morgan fingerprint density at radius 2 is 1.58 bits per heavy atom. The fraction of sp³-hybridized carbons (Fsp3) is 0.667. The SMILES string of the molecule is Cc1ccc([C@H](c2nnnn2C2CCCCC2)[NH+]2CCCCCC2)cc1. The van der Waals surface area contributed by atoms with E-state index in [1.54, 1.807) is 4.90 Å². The first-order valence-corrected chi connectivity index (χ1v) is 10.5. The van der Waals surface area contributed by atoms with Crippen LogP contribution in [0.4, 0.5) is 0 Å². The average Bonchev–Trinajstić information content (AvgIpc) is 3.00. The third-order valence-corrected chi connectivity index (χ3v) is 6.26. The molecule has 1 aromatic carbocycles. The van der Waals surface area contributed by atoms with E-state index in [-0.39, 0.29) is 6.04 Å². The predicted molar refractivity (Wildman–Crippen MR) is 102 cm³/mol. The lowest BCUT2D eigenvalue weighted by Crippen LogP contribution is -3.12. The highest BCUT2D eigenvalue weighted by molar-refractivity contribution is 5.26. The summed E-state index contributed by atoms with van der Waals surface area (Å²) in [6.45, 7) is 4.59. The molecule has 1 saturated heterocycles. The minimum absolute atomic E-state index is 0.255. The highest BCUT2D eigenvalue weighted by Crippen LogP contribution is 2.30. The molecule has 1 atom stereocenters. The number of nitrogens with zero attached hydrogens (tertiary/aromatic N) is 4. The standard InChI is InChI=1S/C21H31N5/c1-17-11-13-18(14-12-17)20(25-15-7-2-3-8-16-25)21-22-23-24-26(21)19-9-5-4-6-10-19/h11-14,19-20H,2-10,15-16H2,1H3/p+1/t20-/m1/s1. The van der Waals surface area contributed by atoms with Gasteiger partial charge in [-0.1, -0.05) is 49.1 Å². The molecule has 5 nitrogen and oxygen atoms in total. The number of hydrogen-bond acceptors (Lipinski definition) is 3. The van der Waals surface area contributed by atoms with Crippen LogP contribution in [0.1, 0.15) is 86.8 Å². The van der Waals surface area contributed by atoms with Gasteiger partial charge >= 0.3 is 0 Å². The van der Waals surface area contributed by atoms with Crippen molar-refractivity contribution in [1.29, 1.82) is 0 Å². The number of aromatic nitrogens is 4. The zero-order valence-corrected chi connectivity index (χ0v) is 16.0. The zero-order valence-electron chi connectivity index (χ0n) is 16.0. The Morgan fingerprint density at radius 3 is 2.27 bits per heavy atom. The van der Waals surface area contributed by atoms with E-state index in [9.17, 15) is 0 Å². The first kappa shape index (κ1) is 17.7. The van der Waals surface area contributed by atoms with Crippen LogP contribution in [0.5, 0.6) is 0 Å². The molecule has 4 rings (SSSR count). The molecule has 0 unspecified atom stereocenters. The van der Waals surface area contributed by atoms with Gasteiger partial charge in [-0.3, -0.25) is 0 Å².